The van der Waals surface area contributed by atoms with E-state index in [0.29, 0.717) is 19.6 Å². The predicted molar refractivity (Wildman–Crippen MR) is 95.7 cm³/mol. The van der Waals surface area contributed by atoms with Crippen molar-refractivity contribution in [3.63, 3.8) is 0 Å². The minimum Gasteiger partial charge on any atom is -0.333 e. The zero-order valence-corrected chi connectivity index (χ0v) is 14.9. The van der Waals surface area contributed by atoms with Crippen molar-refractivity contribution in [3.8, 4) is 0 Å². The van der Waals surface area contributed by atoms with Gasteiger partial charge in [-0.2, -0.15) is 0 Å². The molecule has 1 saturated heterocycles. The van der Waals surface area contributed by atoms with Crippen molar-refractivity contribution in [3.05, 3.63) is 71.0 Å². The molecule has 0 radical (unpaired) electrons. The van der Waals surface area contributed by atoms with Crippen LogP contribution in [0.3, 0.4) is 0 Å². The largest absolute Gasteiger partial charge is 0.333 e. The first-order chi connectivity index (χ1) is 12.1. The van der Waals surface area contributed by atoms with Gasteiger partial charge in [0.05, 0.1) is 6.04 Å². The first-order valence-corrected chi connectivity index (χ1v) is 8.25. The summed E-state index contributed by atoms with van der Waals surface area (Å²) in [7, 11) is 0. The number of amides is 1. The third kappa shape index (κ3) is 4.56. The van der Waals surface area contributed by atoms with Crippen LogP contribution in [0.2, 0.25) is 0 Å². The first kappa shape index (κ1) is 20.3. The molecule has 0 saturated carbocycles. The summed E-state index contributed by atoms with van der Waals surface area (Å²) >= 11 is 0. The second-order valence-electron chi connectivity index (χ2n) is 6.08. The van der Waals surface area contributed by atoms with Crippen molar-refractivity contribution < 1.29 is 18.0 Å². The Labute approximate surface area is 156 Å². The van der Waals surface area contributed by atoms with E-state index in [1.165, 1.54) is 24.3 Å². The van der Waals surface area contributed by atoms with Crippen LogP contribution in [0.15, 0.2) is 42.5 Å². The number of benzene rings is 2. The molecule has 2 aromatic rings. The highest BCUT2D eigenvalue weighted by Crippen LogP contribution is 2.24. The number of hydrogen-bond donors (Lipinski definition) is 1. The highest BCUT2D eigenvalue weighted by atomic mass is 35.5. The zero-order valence-electron chi connectivity index (χ0n) is 14.1. The van der Waals surface area contributed by atoms with Gasteiger partial charge in [-0.05, 0) is 35.7 Å². The summed E-state index contributed by atoms with van der Waals surface area (Å²) in [4.78, 5) is 14.3. The van der Waals surface area contributed by atoms with Crippen LogP contribution in [0.4, 0.5) is 13.2 Å². The predicted octanol–water partition coefficient (Wildman–Crippen LogP) is 3.63. The van der Waals surface area contributed by atoms with Crippen LogP contribution in [-0.4, -0.2) is 30.4 Å². The standard InChI is InChI=1S/C19H19F3N2O.ClH/c20-15-5-1-4-14(11-15)17-12-23-9-10-24(17)18(25)8-7-13-3-2-6-16(21)19(13)22;/h1-6,11,17,23H,7-10,12H2;1H. The lowest BCUT2D eigenvalue weighted by Crippen LogP contribution is -2.48. The highest BCUT2D eigenvalue weighted by molar-refractivity contribution is 5.85. The van der Waals surface area contributed by atoms with Gasteiger partial charge in [-0.15, -0.1) is 12.4 Å². The topological polar surface area (TPSA) is 32.3 Å². The van der Waals surface area contributed by atoms with Gasteiger partial charge in [-0.1, -0.05) is 24.3 Å². The average molecular weight is 385 g/mol. The Morgan fingerprint density at radius 3 is 2.69 bits per heavy atom. The fraction of sp³-hybridized carbons (Fsp3) is 0.316. The third-order valence-corrected chi connectivity index (χ3v) is 4.44. The number of aryl methyl sites for hydroxylation is 1. The van der Waals surface area contributed by atoms with E-state index in [-0.39, 0.29) is 48.6 Å². The number of nitrogens with one attached hydrogen (secondary N) is 1. The molecule has 1 heterocycles. The van der Waals surface area contributed by atoms with E-state index in [1.807, 2.05) is 0 Å². The molecule has 1 aliphatic rings. The second kappa shape index (κ2) is 9.05. The van der Waals surface area contributed by atoms with Gasteiger partial charge in [-0.25, -0.2) is 13.2 Å². The van der Waals surface area contributed by atoms with Crippen LogP contribution >= 0.6 is 12.4 Å². The molecule has 1 aliphatic heterocycles. The van der Waals surface area contributed by atoms with Crippen molar-refractivity contribution in [2.24, 2.45) is 0 Å². The maximum absolute atomic E-state index is 13.7. The van der Waals surface area contributed by atoms with Gasteiger partial charge in [-0.3, -0.25) is 4.79 Å². The van der Waals surface area contributed by atoms with Crippen LogP contribution in [0.25, 0.3) is 0 Å². The van der Waals surface area contributed by atoms with E-state index in [4.69, 9.17) is 0 Å². The van der Waals surface area contributed by atoms with E-state index < -0.39 is 11.6 Å². The van der Waals surface area contributed by atoms with Gasteiger partial charge >= 0.3 is 0 Å². The summed E-state index contributed by atoms with van der Waals surface area (Å²) in [6.45, 7) is 1.67. The van der Waals surface area contributed by atoms with Crippen molar-refractivity contribution in [2.75, 3.05) is 19.6 Å². The molecular formula is C19H20ClF3N2O. The number of nitrogens with zero attached hydrogens (tertiary/aromatic N) is 1. The Hall–Kier alpha value is -2.05. The summed E-state index contributed by atoms with van der Waals surface area (Å²) < 4.78 is 40.5. The molecule has 26 heavy (non-hydrogen) atoms. The lowest BCUT2D eigenvalue weighted by atomic mass is 10.0. The van der Waals surface area contributed by atoms with Gasteiger partial charge in [0.2, 0.25) is 5.91 Å². The molecule has 140 valence electrons. The number of hydrogen-bond acceptors (Lipinski definition) is 2. The van der Waals surface area contributed by atoms with Gasteiger partial charge < -0.3 is 10.2 Å². The van der Waals surface area contributed by atoms with E-state index in [1.54, 1.807) is 17.0 Å². The quantitative estimate of drug-likeness (QED) is 0.873. The summed E-state index contributed by atoms with van der Waals surface area (Å²) in [6, 6.07) is 9.87. The number of halogens is 4. The average Bonchev–Trinajstić information content (AvgIpc) is 2.63. The van der Waals surface area contributed by atoms with Gasteiger partial charge in [0.15, 0.2) is 11.6 Å². The Bertz CT molecular complexity index is 772. The number of rotatable bonds is 4. The van der Waals surface area contributed by atoms with Crippen LogP contribution < -0.4 is 5.32 Å². The van der Waals surface area contributed by atoms with Crippen molar-refractivity contribution in [1.82, 2.24) is 10.2 Å². The molecule has 1 unspecified atom stereocenters. The smallest absolute Gasteiger partial charge is 0.223 e. The zero-order chi connectivity index (χ0) is 17.8. The SMILES string of the molecule is Cl.O=C(CCc1cccc(F)c1F)N1CCNCC1c1cccc(F)c1. The molecule has 0 aromatic heterocycles. The van der Waals surface area contributed by atoms with Crippen LogP contribution in [0.1, 0.15) is 23.6 Å². The molecule has 1 N–H and O–H groups in total. The molecule has 0 aliphatic carbocycles. The molecule has 0 spiro atoms. The Morgan fingerprint density at radius 2 is 1.92 bits per heavy atom. The third-order valence-electron chi connectivity index (χ3n) is 4.44. The summed E-state index contributed by atoms with van der Waals surface area (Å²) in [5, 5.41) is 3.20. The van der Waals surface area contributed by atoms with Crippen LogP contribution in [0, 0.1) is 17.5 Å². The summed E-state index contributed by atoms with van der Waals surface area (Å²) in [5.41, 5.74) is 0.906. The fourth-order valence-corrected chi connectivity index (χ4v) is 3.14. The fourth-order valence-electron chi connectivity index (χ4n) is 3.14. The molecule has 1 atom stereocenters. The summed E-state index contributed by atoms with van der Waals surface area (Å²) in [6.07, 6.45) is 0.203. The Morgan fingerprint density at radius 1 is 1.15 bits per heavy atom. The molecule has 7 heteroatoms. The van der Waals surface area contributed by atoms with Crippen molar-refractivity contribution in [1.29, 1.82) is 0 Å². The van der Waals surface area contributed by atoms with Gasteiger partial charge in [0.25, 0.3) is 0 Å². The maximum atomic E-state index is 13.7. The minimum atomic E-state index is -0.912. The maximum Gasteiger partial charge on any atom is 0.223 e. The Balaban J connectivity index is 0.00000243. The van der Waals surface area contributed by atoms with Crippen LogP contribution in [-0.2, 0) is 11.2 Å². The van der Waals surface area contributed by atoms with E-state index in [0.717, 1.165) is 11.6 Å². The minimum absolute atomic E-state index is 0. The lowest BCUT2D eigenvalue weighted by molar-refractivity contribution is -0.134. The van der Waals surface area contributed by atoms with Crippen LogP contribution in [0.5, 0.6) is 0 Å². The molecule has 1 amide bonds. The first-order valence-electron chi connectivity index (χ1n) is 8.25. The second-order valence-corrected chi connectivity index (χ2v) is 6.08. The van der Waals surface area contributed by atoms with Gasteiger partial charge in [0.1, 0.15) is 5.82 Å². The van der Waals surface area contributed by atoms with E-state index >= 15 is 0 Å². The number of piperazine rings is 1. The Kier molecular flexibility index (Phi) is 7.06. The molecule has 0 bridgehead atoms. The number of carbonyl (C=O) groups excluding carboxylic acids is 1. The highest BCUT2D eigenvalue weighted by Gasteiger charge is 2.28. The molecule has 2 aromatic carbocycles. The van der Waals surface area contributed by atoms with Crippen molar-refractivity contribution >= 4 is 18.3 Å². The monoisotopic (exact) mass is 384 g/mol. The van der Waals surface area contributed by atoms with E-state index in [2.05, 4.69) is 5.32 Å². The summed E-state index contributed by atoms with van der Waals surface area (Å²) in [5.74, 6) is -2.32. The van der Waals surface area contributed by atoms with E-state index in [9.17, 15) is 18.0 Å². The number of carbonyl (C=O) groups is 1. The molecule has 3 rings (SSSR count). The molecule has 3 nitrogen and oxygen atoms in total. The normalized spacial score (nSPS) is 16.9. The van der Waals surface area contributed by atoms with Gasteiger partial charge in [0, 0.05) is 26.1 Å². The lowest BCUT2D eigenvalue weighted by Gasteiger charge is -2.36. The molecule has 1 fully saturated rings. The molecular weight excluding hydrogens is 365 g/mol. The van der Waals surface area contributed by atoms with Crippen molar-refractivity contribution in [2.45, 2.75) is 18.9 Å².